The third-order valence-electron chi connectivity index (χ3n) is 9.10. The molecule has 38 heavy (non-hydrogen) atoms. The second kappa shape index (κ2) is 10.3. The smallest absolute Gasteiger partial charge is 0.272 e. The molecule has 2 heterocycles. The topological polar surface area (TPSA) is 124 Å². The lowest BCUT2D eigenvalue weighted by Crippen LogP contribution is -2.43. The highest BCUT2D eigenvalue weighted by Crippen LogP contribution is 2.60. The normalized spacial score (nSPS) is 25.2. The Morgan fingerprint density at radius 3 is 3.00 bits per heavy atom. The molecule has 1 saturated carbocycles. The maximum absolute atomic E-state index is 13.1. The number of carbonyl (C=O) groups is 1. The van der Waals surface area contributed by atoms with Crippen molar-refractivity contribution in [1.29, 1.82) is 0 Å². The predicted molar refractivity (Wildman–Crippen MR) is 143 cm³/mol. The number of fused-ring (bicyclic) bond motifs is 7. The number of nitrogens with one attached hydrogen (secondary N) is 2. The summed E-state index contributed by atoms with van der Waals surface area (Å²) < 4.78 is 10.4. The van der Waals surface area contributed by atoms with E-state index in [1.165, 1.54) is 11.1 Å². The highest BCUT2D eigenvalue weighted by molar-refractivity contribution is 7.90. The lowest BCUT2D eigenvalue weighted by atomic mass is 9.55. The molecule has 3 aliphatic carbocycles. The molecule has 3 aliphatic rings. The maximum Gasteiger partial charge on any atom is 0.272 e. The number of amides is 1. The van der Waals surface area contributed by atoms with Crippen LogP contribution in [0, 0.1) is 11.8 Å². The third-order valence-corrected chi connectivity index (χ3v) is 9.48. The van der Waals surface area contributed by atoms with Crippen LogP contribution in [0.3, 0.4) is 0 Å². The molecule has 3 unspecified atom stereocenters. The molecule has 2 aromatic heterocycles. The number of nitrogens with two attached hydrogens (primary N) is 1. The number of aryl methyl sites for hydroxylation is 2. The summed E-state index contributed by atoms with van der Waals surface area (Å²) in [6.07, 6.45) is 7.80. The van der Waals surface area contributed by atoms with Crippen molar-refractivity contribution < 1.29 is 18.3 Å². The molecular formula is C28H33N5O4S. The highest BCUT2D eigenvalue weighted by Gasteiger charge is 2.55. The average Bonchev–Trinajstić information content (AvgIpc) is 3.50. The minimum absolute atomic E-state index is 0.00730. The van der Waals surface area contributed by atoms with Crippen LogP contribution in [0.1, 0.15) is 83.2 Å². The van der Waals surface area contributed by atoms with Gasteiger partial charge in [-0.1, -0.05) is 26.0 Å². The molecule has 0 aliphatic heterocycles. The second-order valence-electron chi connectivity index (χ2n) is 10.8. The van der Waals surface area contributed by atoms with E-state index in [0.717, 1.165) is 79.1 Å². The lowest BCUT2D eigenvalue weighted by Gasteiger charge is -2.49. The van der Waals surface area contributed by atoms with Crippen molar-refractivity contribution in [3.63, 3.8) is 0 Å². The summed E-state index contributed by atoms with van der Waals surface area (Å²) in [5.41, 5.74) is 7.59. The van der Waals surface area contributed by atoms with Gasteiger partial charge in [-0.05, 0) is 91.2 Å². The van der Waals surface area contributed by atoms with Crippen molar-refractivity contribution in [3.05, 3.63) is 75.9 Å². The minimum Gasteiger partial charge on any atom is -0.398 e. The molecule has 1 fully saturated rings. The Bertz CT molecular complexity index is 1330. The van der Waals surface area contributed by atoms with Crippen LogP contribution in [-0.4, -0.2) is 21.1 Å². The van der Waals surface area contributed by atoms with Crippen LogP contribution >= 0.6 is 12.3 Å². The van der Waals surface area contributed by atoms with Crippen molar-refractivity contribution in [2.24, 2.45) is 17.7 Å². The Labute approximate surface area is 226 Å². The van der Waals surface area contributed by atoms with E-state index < -0.39 is 0 Å². The van der Waals surface area contributed by atoms with Gasteiger partial charge >= 0.3 is 0 Å². The fraction of sp³-hybridized carbons (Fsp3) is 0.464. The Balaban J connectivity index is 1.23. The Kier molecular flexibility index (Phi) is 6.90. The first-order valence-electron chi connectivity index (χ1n) is 13.3. The standard InChI is InChI=1S/C28H33N5O4S/c1-3-16-12-21-17(13-24(16)35-38-37-36-29)7-8-20-19(21)9-10-28(2)23(20)14-22-25(32-33-26(22)28)27(34)31-15-18-6-4-5-11-30-18/h4-6,11-13,19-20,23H,3,7-10,14-15,29H2,1-2H3,(H,31,34)(H,32,33)/t19?,20?,23?,28-/m0/s1. The molecule has 0 bridgehead atoms. The summed E-state index contributed by atoms with van der Waals surface area (Å²) >= 11 is 0.728. The number of pyridine rings is 1. The van der Waals surface area contributed by atoms with Crippen LogP contribution in [0.4, 0.5) is 0 Å². The SMILES string of the molecule is CCc1cc2c(cc1OSOON)CCC1C2CC[C@]2(C)c3[nH]nc(C(=O)NCc4ccccn4)c3CC12. The van der Waals surface area contributed by atoms with E-state index in [4.69, 9.17) is 10.1 Å². The summed E-state index contributed by atoms with van der Waals surface area (Å²) in [5.74, 6) is 7.15. The van der Waals surface area contributed by atoms with Crippen molar-refractivity contribution in [3.8, 4) is 5.75 Å². The van der Waals surface area contributed by atoms with Crippen molar-refractivity contribution in [2.45, 2.75) is 70.3 Å². The van der Waals surface area contributed by atoms with Crippen LogP contribution < -0.4 is 15.4 Å². The van der Waals surface area contributed by atoms with Gasteiger partial charge in [0.25, 0.3) is 18.2 Å². The van der Waals surface area contributed by atoms with E-state index in [0.29, 0.717) is 30.0 Å². The van der Waals surface area contributed by atoms with Gasteiger partial charge in [0.2, 0.25) is 0 Å². The van der Waals surface area contributed by atoms with Gasteiger partial charge in [-0.3, -0.25) is 14.9 Å². The van der Waals surface area contributed by atoms with Crippen LogP contribution in [0.5, 0.6) is 5.75 Å². The van der Waals surface area contributed by atoms with Crippen LogP contribution in [-0.2, 0) is 40.5 Å². The zero-order valence-electron chi connectivity index (χ0n) is 21.7. The van der Waals surface area contributed by atoms with E-state index in [1.54, 1.807) is 6.20 Å². The molecule has 3 aromatic rings. The predicted octanol–water partition coefficient (Wildman–Crippen LogP) is 4.63. The maximum atomic E-state index is 13.1. The fourth-order valence-electron chi connectivity index (χ4n) is 7.27. The molecule has 0 spiro atoms. The van der Waals surface area contributed by atoms with Gasteiger partial charge in [-0.15, -0.1) is 9.32 Å². The molecular weight excluding hydrogens is 502 g/mol. The summed E-state index contributed by atoms with van der Waals surface area (Å²) in [6.45, 7) is 4.89. The van der Waals surface area contributed by atoms with E-state index in [-0.39, 0.29) is 11.3 Å². The number of hydrogen-bond donors (Lipinski definition) is 3. The van der Waals surface area contributed by atoms with Crippen molar-refractivity contribution in [1.82, 2.24) is 20.5 Å². The highest BCUT2D eigenvalue weighted by atomic mass is 32.2. The van der Waals surface area contributed by atoms with Crippen molar-refractivity contribution in [2.75, 3.05) is 0 Å². The first-order chi connectivity index (χ1) is 18.5. The number of H-pyrrole nitrogens is 1. The quantitative estimate of drug-likeness (QED) is 0.165. The van der Waals surface area contributed by atoms with Gasteiger partial charge in [0.15, 0.2) is 5.69 Å². The summed E-state index contributed by atoms with van der Waals surface area (Å²) in [7, 11) is 0. The van der Waals surface area contributed by atoms with Crippen molar-refractivity contribution >= 4 is 18.2 Å². The van der Waals surface area contributed by atoms with Gasteiger partial charge in [-0.2, -0.15) is 11.0 Å². The summed E-state index contributed by atoms with van der Waals surface area (Å²) in [6, 6.07) is 10.2. The van der Waals surface area contributed by atoms with Gasteiger partial charge < -0.3 is 9.50 Å². The van der Waals surface area contributed by atoms with E-state index in [1.807, 2.05) is 18.2 Å². The number of nitrogens with zero attached hydrogens (tertiary/aromatic N) is 2. The molecule has 9 nitrogen and oxygen atoms in total. The van der Waals surface area contributed by atoms with Crippen LogP contribution in [0.2, 0.25) is 0 Å². The van der Waals surface area contributed by atoms with Gasteiger partial charge in [-0.25, -0.2) is 0 Å². The number of aromatic nitrogens is 3. The monoisotopic (exact) mass is 535 g/mol. The zero-order chi connectivity index (χ0) is 26.3. The first kappa shape index (κ1) is 25.4. The number of carbonyl (C=O) groups excluding carboxylic acids is 1. The molecule has 0 radical (unpaired) electrons. The first-order valence-corrected chi connectivity index (χ1v) is 14.0. The zero-order valence-corrected chi connectivity index (χ0v) is 22.5. The number of rotatable bonds is 8. The molecule has 6 rings (SSSR count). The number of hydrogen-bond acceptors (Lipinski definition) is 8. The summed E-state index contributed by atoms with van der Waals surface area (Å²) in [4.78, 5) is 21.6. The van der Waals surface area contributed by atoms with Gasteiger partial charge in [0.1, 0.15) is 5.75 Å². The van der Waals surface area contributed by atoms with E-state index in [9.17, 15) is 4.79 Å². The molecule has 1 aromatic carbocycles. The Morgan fingerprint density at radius 1 is 1.32 bits per heavy atom. The molecule has 1 amide bonds. The third kappa shape index (κ3) is 4.29. The lowest BCUT2D eigenvalue weighted by molar-refractivity contribution is -0.199. The summed E-state index contributed by atoms with van der Waals surface area (Å²) in [5, 5.41) is 10.8. The van der Waals surface area contributed by atoms with Crippen LogP contribution in [0.25, 0.3) is 0 Å². The fourth-order valence-corrected chi connectivity index (χ4v) is 7.56. The largest absolute Gasteiger partial charge is 0.398 e. The van der Waals surface area contributed by atoms with Gasteiger partial charge in [0, 0.05) is 22.9 Å². The Morgan fingerprint density at radius 2 is 2.21 bits per heavy atom. The minimum atomic E-state index is -0.136. The van der Waals surface area contributed by atoms with Crippen LogP contribution in [0.15, 0.2) is 36.5 Å². The second-order valence-corrected chi connectivity index (χ2v) is 11.3. The Hall–Kier alpha value is -2.92. The van der Waals surface area contributed by atoms with E-state index >= 15 is 0 Å². The molecule has 200 valence electrons. The molecule has 10 heteroatoms. The van der Waals surface area contributed by atoms with E-state index in [2.05, 4.69) is 55.8 Å². The van der Waals surface area contributed by atoms with Gasteiger partial charge in [0.05, 0.1) is 12.2 Å². The molecule has 0 saturated heterocycles. The average molecular weight is 536 g/mol. The number of benzene rings is 1. The number of aromatic amines is 1. The molecule has 4 atom stereocenters. The molecule has 4 N–H and O–H groups in total.